The van der Waals surface area contributed by atoms with Crippen molar-refractivity contribution < 1.29 is 18.7 Å². The molecule has 0 saturated heterocycles. The quantitative estimate of drug-likeness (QED) is 0.415. The summed E-state index contributed by atoms with van der Waals surface area (Å²) in [5.41, 5.74) is 1.85. The molecule has 0 fully saturated rings. The maximum Gasteiger partial charge on any atom is 0.338 e. The van der Waals surface area contributed by atoms with Gasteiger partial charge in [0, 0.05) is 0 Å². The molecule has 2 heterocycles. The summed E-state index contributed by atoms with van der Waals surface area (Å²) in [7, 11) is 1.57. The van der Waals surface area contributed by atoms with Crippen molar-refractivity contribution in [2.75, 3.05) is 13.7 Å². The molecule has 0 amide bonds. The zero-order valence-electron chi connectivity index (χ0n) is 18.1. The van der Waals surface area contributed by atoms with Crippen molar-refractivity contribution in [2.24, 2.45) is 4.99 Å². The Hall–Kier alpha value is -3.78. The van der Waals surface area contributed by atoms with Gasteiger partial charge in [-0.15, -0.1) is 0 Å². The molecule has 2 aromatic carbocycles. The van der Waals surface area contributed by atoms with Crippen molar-refractivity contribution in [1.82, 2.24) is 4.57 Å². The summed E-state index contributed by atoms with van der Waals surface area (Å²) < 4.78 is 25.8. The second-order valence-electron chi connectivity index (χ2n) is 7.29. The highest BCUT2D eigenvalue weighted by Crippen LogP contribution is 2.31. The number of esters is 1. The average molecular weight is 465 g/mol. The van der Waals surface area contributed by atoms with E-state index in [1.54, 1.807) is 56.5 Å². The number of nitrogens with zero attached hydrogens (tertiary/aromatic N) is 2. The minimum absolute atomic E-state index is 0.0416. The Balaban J connectivity index is 1.91. The normalized spacial score (nSPS) is 15.6. The minimum Gasteiger partial charge on any atom is -0.497 e. The topological polar surface area (TPSA) is 69.9 Å². The Morgan fingerprint density at radius 1 is 1.21 bits per heavy atom. The molecule has 1 aromatic heterocycles. The van der Waals surface area contributed by atoms with Crippen molar-refractivity contribution in [1.29, 1.82) is 0 Å². The van der Waals surface area contributed by atoms with Crippen molar-refractivity contribution in [3.63, 3.8) is 0 Å². The Kier molecular flexibility index (Phi) is 6.37. The van der Waals surface area contributed by atoms with Crippen molar-refractivity contribution >= 4 is 23.4 Å². The monoisotopic (exact) mass is 464 g/mol. The van der Waals surface area contributed by atoms with E-state index >= 15 is 0 Å². The van der Waals surface area contributed by atoms with Crippen LogP contribution in [0, 0.1) is 5.82 Å². The number of hydrogen-bond donors (Lipinski definition) is 0. The molecule has 8 heteroatoms. The van der Waals surface area contributed by atoms with Crippen LogP contribution in [0.4, 0.5) is 4.39 Å². The van der Waals surface area contributed by atoms with Crippen molar-refractivity contribution in [3.05, 3.63) is 109 Å². The standard InChI is InChI=1S/C25H21FN2O4S/c1-4-13-32-24(30)21-15(2)27-25-28(22(21)17-7-11-19(31-3)12-8-17)23(29)20(33-25)14-16-5-9-18(26)10-6-16/h4-12,14,22H,1,13H2,2-3H3. The van der Waals surface area contributed by atoms with Crippen LogP contribution < -0.4 is 19.6 Å². The van der Waals surface area contributed by atoms with Gasteiger partial charge in [-0.1, -0.05) is 48.3 Å². The molecular formula is C25H21FN2O4S. The van der Waals surface area contributed by atoms with E-state index < -0.39 is 12.0 Å². The van der Waals surface area contributed by atoms with Gasteiger partial charge in [-0.05, 0) is 48.4 Å². The fourth-order valence-electron chi connectivity index (χ4n) is 3.61. The van der Waals surface area contributed by atoms with Crippen LogP contribution in [0.15, 0.2) is 82.2 Å². The van der Waals surface area contributed by atoms with E-state index in [0.29, 0.717) is 31.9 Å². The summed E-state index contributed by atoms with van der Waals surface area (Å²) in [5, 5.41) is 0. The molecule has 0 radical (unpaired) electrons. The zero-order valence-corrected chi connectivity index (χ0v) is 18.9. The number of rotatable bonds is 6. The molecule has 6 nitrogen and oxygen atoms in total. The number of fused-ring (bicyclic) bond motifs is 1. The van der Waals surface area contributed by atoms with Gasteiger partial charge in [-0.3, -0.25) is 9.36 Å². The number of methoxy groups -OCH3 is 1. The van der Waals surface area contributed by atoms with Crippen LogP contribution in [0.1, 0.15) is 24.1 Å². The smallest absolute Gasteiger partial charge is 0.338 e. The summed E-state index contributed by atoms with van der Waals surface area (Å²) in [6, 6.07) is 12.3. The highest BCUT2D eigenvalue weighted by molar-refractivity contribution is 7.07. The number of hydrogen-bond acceptors (Lipinski definition) is 6. The number of ether oxygens (including phenoxy) is 2. The van der Waals surface area contributed by atoms with E-state index in [9.17, 15) is 14.0 Å². The third-order valence-corrected chi connectivity index (χ3v) is 6.16. The first-order chi connectivity index (χ1) is 15.9. The Labute approximate surface area is 193 Å². The highest BCUT2D eigenvalue weighted by Gasteiger charge is 2.33. The van der Waals surface area contributed by atoms with Crippen LogP contribution in [-0.4, -0.2) is 24.3 Å². The number of allylic oxidation sites excluding steroid dienone is 1. The van der Waals surface area contributed by atoms with Crippen LogP contribution >= 0.6 is 11.3 Å². The highest BCUT2D eigenvalue weighted by atomic mass is 32.1. The van der Waals surface area contributed by atoms with Gasteiger partial charge in [0.2, 0.25) is 0 Å². The SMILES string of the molecule is C=CCOC(=O)C1=C(C)N=c2sc(=Cc3ccc(F)cc3)c(=O)n2C1c1ccc(OC)cc1. The minimum atomic E-state index is -0.722. The molecule has 1 aliphatic rings. The number of aromatic nitrogens is 1. The maximum absolute atomic E-state index is 13.5. The second-order valence-corrected chi connectivity index (χ2v) is 8.30. The number of carbonyl (C=O) groups excluding carboxylic acids is 1. The first kappa shape index (κ1) is 22.4. The summed E-state index contributed by atoms with van der Waals surface area (Å²) in [6.07, 6.45) is 3.16. The fourth-order valence-corrected chi connectivity index (χ4v) is 4.65. The first-order valence-electron chi connectivity index (χ1n) is 10.1. The molecule has 0 saturated carbocycles. The van der Waals surface area contributed by atoms with Crippen LogP contribution in [-0.2, 0) is 9.53 Å². The fraction of sp³-hybridized carbons (Fsp3) is 0.160. The van der Waals surface area contributed by atoms with Crippen LogP contribution in [0.2, 0.25) is 0 Å². The number of thiazole rings is 1. The summed E-state index contributed by atoms with van der Waals surface area (Å²) in [5.74, 6) is -0.268. The molecule has 1 atom stereocenters. The maximum atomic E-state index is 13.5. The summed E-state index contributed by atoms with van der Waals surface area (Å²) >= 11 is 1.21. The van der Waals surface area contributed by atoms with Gasteiger partial charge < -0.3 is 9.47 Å². The number of carbonyl (C=O) groups is 1. The average Bonchev–Trinajstić information content (AvgIpc) is 3.12. The largest absolute Gasteiger partial charge is 0.497 e. The molecule has 1 aliphatic heterocycles. The lowest BCUT2D eigenvalue weighted by Crippen LogP contribution is -2.39. The van der Waals surface area contributed by atoms with Gasteiger partial charge in [-0.2, -0.15) is 0 Å². The lowest BCUT2D eigenvalue weighted by Gasteiger charge is -2.24. The van der Waals surface area contributed by atoms with Gasteiger partial charge in [-0.25, -0.2) is 14.2 Å². The van der Waals surface area contributed by atoms with Crippen LogP contribution in [0.25, 0.3) is 6.08 Å². The Bertz CT molecular complexity index is 1420. The third kappa shape index (κ3) is 4.42. The predicted octanol–water partition coefficient (Wildman–Crippen LogP) is 3.11. The molecule has 0 N–H and O–H groups in total. The van der Waals surface area contributed by atoms with Crippen LogP contribution in [0.5, 0.6) is 5.75 Å². The van der Waals surface area contributed by atoms with E-state index in [-0.39, 0.29) is 23.6 Å². The first-order valence-corrected chi connectivity index (χ1v) is 10.9. The predicted molar refractivity (Wildman–Crippen MR) is 124 cm³/mol. The summed E-state index contributed by atoms with van der Waals surface area (Å²) in [4.78, 5) is 31.4. The molecule has 0 spiro atoms. The number of halogens is 1. The molecule has 168 valence electrons. The lowest BCUT2D eigenvalue weighted by atomic mass is 9.96. The molecule has 33 heavy (non-hydrogen) atoms. The number of benzene rings is 2. The Morgan fingerprint density at radius 3 is 2.55 bits per heavy atom. The Morgan fingerprint density at radius 2 is 1.91 bits per heavy atom. The van der Waals surface area contributed by atoms with Crippen LogP contribution in [0.3, 0.4) is 0 Å². The lowest BCUT2D eigenvalue weighted by molar-refractivity contribution is -0.138. The van der Waals surface area contributed by atoms with E-state index in [2.05, 4.69) is 11.6 Å². The van der Waals surface area contributed by atoms with Gasteiger partial charge >= 0.3 is 5.97 Å². The van der Waals surface area contributed by atoms with E-state index in [1.165, 1.54) is 34.1 Å². The molecular weight excluding hydrogens is 443 g/mol. The second kappa shape index (κ2) is 9.38. The third-order valence-electron chi connectivity index (χ3n) is 5.17. The van der Waals surface area contributed by atoms with Gasteiger partial charge in [0.05, 0.1) is 29.0 Å². The van der Waals surface area contributed by atoms with Crippen molar-refractivity contribution in [2.45, 2.75) is 13.0 Å². The van der Waals surface area contributed by atoms with Gasteiger partial charge in [0.1, 0.15) is 18.2 Å². The molecule has 0 aliphatic carbocycles. The zero-order chi connectivity index (χ0) is 23.5. The van der Waals surface area contributed by atoms with E-state index in [1.807, 2.05) is 0 Å². The molecule has 1 unspecified atom stereocenters. The molecule has 0 bridgehead atoms. The van der Waals surface area contributed by atoms with E-state index in [4.69, 9.17) is 9.47 Å². The van der Waals surface area contributed by atoms with Gasteiger partial charge in [0.15, 0.2) is 4.80 Å². The van der Waals surface area contributed by atoms with Crippen molar-refractivity contribution in [3.8, 4) is 5.75 Å². The van der Waals surface area contributed by atoms with E-state index in [0.717, 1.165) is 0 Å². The molecule has 4 rings (SSSR count). The summed E-state index contributed by atoms with van der Waals surface area (Å²) in [6.45, 7) is 5.34. The van der Waals surface area contributed by atoms with Gasteiger partial charge in [0.25, 0.3) is 5.56 Å². The molecule has 3 aromatic rings.